The zero-order valence-corrected chi connectivity index (χ0v) is 12.1. The van der Waals surface area contributed by atoms with Crippen LogP contribution in [0.1, 0.15) is 28.7 Å². The van der Waals surface area contributed by atoms with Gasteiger partial charge in [0.2, 0.25) is 10.1 Å². The van der Waals surface area contributed by atoms with Crippen molar-refractivity contribution in [2.45, 2.75) is 19.9 Å². The molecular formula is C13H14F2N4OS. The second-order valence-corrected chi connectivity index (χ2v) is 5.24. The van der Waals surface area contributed by atoms with Crippen molar-refractivity contribution in [3.05, 3.63) is 40.4 Å². The Hall–Kier alpha value is -2.09. The van der Waals surface area contributed by atoms with Crippen LogP contribution < -0.4 is 10.6 Å². The monoisotopic (exact) mass is 312 g/mol. The largest absolute Gasteiger partial charge is 0.360 e. The summed E-state index contributed by atoms with van der Waals surface area (Å²) < 4.78 is 26.4. The zero-order chi connectivity index (χ0) is 15.2. The predicted octanol–water partition coefficient (Wildman–Crippen LogP) is 2.57. The van der Waals surface area contributed by atoms with Crippen LogP contribution in [0.25, 0.3) is 0 Å². The first-order valence-electron chi connectivity index (χ1n) is 6.39. The molecule has 1 aromatic heterocycles. The van der Waals surface area contributed by atoms with Gasteiger partial charge in [0.25, 0.3) is 5.91 Å². The number of nitrogens with one attached hydrogen (secondary N) is 2. The number of benzene rings is 1. The van der Waals surface area contributed by atoms with Crippen LogP contribution >= 0.6 is 11.3 Å². The van der Waals surface area contributed by atoms with E-state index in [4.69, 9.17) is 0 Å². The number of carbonyl (C=O) groups is 1. The van der Waals surface area contributed by atoms with Gasteiger partial charge in [-0.3, -0.25) is 4.79 Å². The van der Waals surface area contributed by atoms with Crippen molar-refractivity contribution in [1.29, 1.82) is 0 Å². The maximum absolute atomic E-state index is 13.4. The number of hydrogen-bond acceptors (Lipinski definition) is 5. The highest BCUT2D eigenvalue weighted by molar-refractivity contribution is 7.17. The molecule has 1 aromatic carbocycles. The third-order valence-corrected chi connectivity index (χ3v) is 3.47. The molecule has 0 aliphatic carbocycles. The Kier molecular flexibility index (Phi) is 5.15. The van der Waals surface area contributed by atoms with Gasteiger partial charge >= 0.3 is 0 Å². The average Bonchev–Trinajstić information content (AvgIpc) is 2.94. The number of nitrogens with zero attached hydrogens (tertiary/aromatic N) is 2. The quantitative estimate of drug-likeness (QED) is 0.860. The van der Waals surface area contributed by atoms with Crippen molar-refractivity contribution in [2.24, 2.45) is 0 Å². The highest BCUT2D eigenvalue weighted by atomic mass is 32.1. The van der Waals surface area contributed by atoms with E-state index in [-0.39, 0.29) is 17.1 Å². The fourth-order valence-electron chi connectivity index (χ4n) is 1.55. The minimum atomic E-state index is -0.570. The number of carbonyl (C=O) groups excluding carboxylic acids is 1. The Morgan fingerprint density at radius 2 is 2.14 bits per heavy atom. The van der Waals surface area contributed by atoms with Crippen molar-refractivity contribution in [3.8, 4) is 0 Å². The molecule has 5 nitrogen and oxygen atoms in total. The topological polar surface area (TPSA) is 66.9 Å². The Labute approximate surface area is 124 Å². The van der Waals surface area contributed by atoms with Crippen molar-refractivity contribution >= 4 is 22.4 Å². The lowest BCUT2D eigenvalue weighted by molar-refractivity contribution is 0.0949. The van der Waals surface area contributed by atoms with Crippen LogP contribution in [0.4, 0.5) is 13.9 Å². The Morgan fingerprint density at radius 3 is 2.90 bits per heavy atom. The summed E-state index contributed by atoms with van der Waals surface area (Å²) in [5, 5.41) is 13.8. The van der Waals surface area contributed by atoms with Crippen molar-refractivity contribution in [1.82, 2.24) is 15.5 Å². The summed E-state index contributed by atoms with van der Waals surface area (Å²) in [6, 6.07) is 3.09. The molecule has 0 radical (unpaired) electrons. The van der Waals surface area contributed by atoms with Crippen molar-refractivity contribution in [2.75, 3.05) is 11.9 Å². The highest BCUT2D eigenvalue weighted by Gasteiger charge is 2.13. The van der Waals surface area contributed by atoms with Gasteiger partial charge in [0.05, 0.1) is 0 Å². The van der Waals surface area contributed by atoms with Gasteiger partial charge < -0.3 is 10.6 Å². The molecular weight excluding hydrogens is 298 g/mol. The Morgan fingerprint density at radius 1 is 1.33 bits per heavy atom. The Balaban J connectivity index is 1.95. The van der Waals surface area contributed by atoms with E-state index in [9.17, 15) is 13.6 Å². The summed E-state index contributed by atoms with van der Waals surface area (Å²) in [4.78, 5) is 11.9. The zero-order valence-electron chi connectivity index (χ0n) is 11.3. The number of anilines is 1. The van der Waals surface area contributed by atoms with E-state index in [1.807, 2.05) is 6.92 Å². The van der Waals surface area contributed by atoms with Crippen molar-refractivity contribution in [3.63, 3.8) is 0 Å². The number of rotatable bonds is 6. The molecule has 21 heavy (non-hydrogen) atoms. The van der Waals surface area contributed by atoms with Crippen LogP contribution in [0.2, 0.25) is 0 Å². The smallest absolute Gasteiger partial charge is 0.282 e. The van der Waals surface area contributed by atoms with Crippen LogP contribution in [0, 0.1) is 11.6 Å². The van der Waals surface area contributed by atoms with Crippen LogP contribution in [0.5, 0.6) is 0 Å². The molecule has 0 bridgehead atoms. The fourth-order valence-corrected chi connectivity index (χ4v) is 2.23. The Bertz CT molecular complexity index is 632. The highest BCUT2D eigenvalue weighted by Crippen LogP contribution is 2.15. The van der Waals surface area contributed by atoms with E-state index in [1.165, 1.54) is 0 Å². The van der Waals surface area contributed by atoms with E-state index in [0.29, 0.717) is 5.13 Å². The molecule has 2 rings (SSSR count). The minimum Gasteiger partial charge on any atom is -0.360 e. The first-order valence-corrected chi connectivity index (χ1v) is 7.21. The summed E-state index contributed by atoms with van der Waals surface area (Å²) >= 11 is 1.11. The number of halogens is 2. The summed E-state index contributed by atoms with van der Waals surface area (Å²) in [5.41, 5.74) is 0.0807. The second-order valence-electron chi connectivity index (χ2n) is 4.26. The standard InChI is InChI=1S/C13H14F2N4OS/c1-2-5-16-13-19-18-12(21-13)11(20)17-7-8-6-9(14)3-4-10(8)15/h3-4,6H,2,5,7H2,1H3,(H,16,19)(H,17,20). The minimum absolute atomic E-state index is 0.0807. The van der Waals surface area contributed by atoms with Gasteiger partial charge in [0, 0.05) is 18.7 Å². The maximum atomic E-state index is 13.4. The lowest BCUT2D eigenvalue weighted by Gasteiger charge is -2.04. The second kappa shape index (κ2) is 7.07. The lowest BCUT2D eigenvalue weighted by Crippen LogP contribution is -2.23. The molecule has 0 fully saturated rings. The van der Waals surface area contributed by atoms with E-state index in [1.54, 1.807) is 0 Å². The molecule has 2 N–H and O–H groups in total. The molecule has 0 aliphatic rings. The first-order chi connectivity index (χ1) is 10.1. The summed E-state index contributed by atoms with van der Waals surface area (Å²) in [6.07, 6.45) is 0.931. The summed E-state index contributed by atoms with van der Waals surface area (Å²) in [6.45, 7) is 2.64. The summed E-state index contributed by atoms with van der Waals surface area (Å²) in [5.74, 6) is -1.59. The molecule has 1 amide bonds. The number of amides is 1. The van der Waals surface area contributed by atoms with E-state index in [2.05, 4.69) is 20.8 Å². The van der Waals surface area contributed by atoms with Crippen molar-refractivity contribution < 1.29 is 13.6 Å². The molecule has 0 unspecified atom stereocenters. The van der Waals surface area contributed by atoms with Crippen LogP contribution in [-0.4, -0.2) is 22.6 Å². The normalized spacial score (nSPS) is 10.4. The van der Waals surface area contributed by atoms with Gasteiger partial charge in [-0.1, -0.05) is 18.3 Å². The van der Waals surface area contributed by atoms with E-state index < -0.39 is 17.5 Å². The van der Waals surface area contributed by atoms with E-state index in [0.717, 1.165) is 42.5 Å². The number of aromatic nitrogens is 2. The van der Waals surface area contributed by atoms with Crippen LogP contribution in [0.15, 0.2) is 18.2 Å². The third-order valence-electron chi connectivity index (χ3n) is 2.59. The van der Waals surface area contributed by atoms with Gasteiger partial charge in [-0.15, -0.1) is 10.2 Å². The number of hydrogen-bond donors (Lipinski definition) is 2. The molecule has 0 saturated carbocycles. The summed E-state index contributed by atoms with van der Waals surface area (Å²) in [7, 11) is 0. The molecule has 0 saturated heterocycles. The molecule has 1 heterocycles. The van der Waals surface area contributed by atoms with Crippen LogP contribution in [-0.2, 0) is 6.54 Å². The van der Waals surface area contributed by atoms with E-state index >= 15 is 0 Å². The van der Waals surface area contributed by atoms with Gasteiger partial charge in [-0.2, -0.15) is 0 Å². The molecule has 0 atom stereocenters. The lowest BCUT2D eigenvalue weighted by atomic mass is 10.2. The molecule has 8 heteroatoms. The molecule has 2 aromatic rings. The third kappa shape index (κ3) is 4.19. The SMILES string of the molecule is CCCNc1nnc(C(=O)NCc2cc(F)ccc2F)s1. The fraction of sp³-hybridized carbons (Fsp3) is 0.308. The molecule has 0 spiro atoms. The van der Waals surface area contributed by atoms with Gasteiger partial charge in [-0.05, 0) is 24.6 Å². The molecule has 0 aliphatic heterocycles. The van der Waals surface area contributed by atoms with Gasteiger partial charge in [0.15, 0.2) is 0 Å². The first kappa shape index (κ1) is 15.3. The predicted molar refractivity (Wildman–Crippen MR) is 76.2 cm³/mol. The van der Waals surface area contributed by atoms with Gasteiger partial charge in [0.1, 0.15) is 11.6 Å². The van der Waals surface area contributed by atoms with Gasteiger partial charge in [-0.25, -0.2) is 8.78 Å². The van der Waals surface area contributed by atoms with Crippen LogP contribution in [0.3, 0.4) is 0 Å². The molecule has 112 valence electrons. The maximum Gasteiger partial charge on any atom is 0.282 e. The average molecular weight is 312 g/mol.